The van der Waals surface area contributed by atoms with Gasteiger partial charge in [-0.25, -0.2) is 4.79 Å². The molecule has 0 saturated heterocycles. The lowest BCUT2D eigenvalue weighted by Crippen LogP contribution is -2.41. The minimum Gasteiger partial charge on any atom is -0.497 e. The Morgan fingerprint density at radius 1 is 1.14 bits per heavy atom. The number of amides is 2. The van der Waals surface area contributed by atoms with Crippen molar-refractivity contribution in [3.05, 3.63) is 52.5 Å². The van der Waals surface area contributed by atoms with Crippen LogP contribution in [0, 0.1) is 0 Å². The first-order chi connectivity index (χ1) is 13.5. The van der Waals surface area contributed by atoms with E-state index in [1.807, 2.05) is 38.1 Å². The number of benzene rings is 2. The van der Waals surface area contributed by atoms with Crippen LogP contribution in [-0.2, 0) is 13.0 Å². The molecule has 2 rings (SSSR count). The maximum atomic E-state index is 12.2. The van der Waals surface area contributed by atoms with Crippen LogP contribution in [-0.4, -0.2) is 32.9 Å². The third-order valence-corrected chi connectivity index (χ3v) is 4.37. The van der Waals surface area contributed by atoms with Crippen molar-refractivity contribution in [3.8, 4) is 17.2 Å². The fraction of sp³-hybridized carbons (Fsp3) is 0.381. The molecule has 28 heavy (non-hydrogen) atoms. The first kappa shape index (κ1) is 21.7. The van der Waals surface area contributed by atoms with Gasteiger partial charge in [-0.1, -0.05) is 23.7 Å². The van der Waals surface area contributed by atoms with Crippen LogP contribution in [0.3, 0.4) is 0 Å². The number of carbonyl (C=O) groups excluding carboxylic acids is 1. The molecule has 0 saturated carbocycles. The third-order valence-electron chi connectivity index (χ3n) is 4.08. The van der Waals surface area contributed by atoms with Crippen molar-refractivity contribution >= 4 is 17.6 Å². The van der Waals surface area contributed by atoms with Gasteiger partial charge in [-0.15, -0.1) is 0 Å². The van der Waals surface area contributed by atoms with Crippen molar-refractivity contribution in [2.24, 2.45) is 0 Å². The second-order valence-corrected chi connectivity index (χ2v) is 6.73. The van der Waals surface area contributed by atoms with Crippen molar-refractivity contribution in [1.82, 2.24) is 10.6 Å². The van der Waals surface area contributed by atoms with E-state index in [0.717, 1.165) is 16.9 Å². The van der Waals surface area contributed by atoms with Gasteiger partial charge in [0, 0.05) is 12.6 Å². The molecule has 0 aromatic heterocycles. The summed E-state index contributed by atoms with van der Waals surface area (Å²) in [5.74, 6) is 1.85. The molecule has 1 unspecified atom stereocenters. The zero-order chi connectivity index (χ0) is 20.5. The fourth-order valence-corrected chi connectivity index (χ4v) is 3.11. The number of ether oxygens (including phenoxy) is 3. The van der Waals surface area contributed by atoms with Gasteiger partial charge in [0.25, 0.3) is 0 Å². The van der Waals surface area contributed by atoms with Gasteiger partial charge < -0.3 is 24.8 Å². The fourth-order valence-electron chi connectivity index (χ4n) is 2.82. The predicted molar refractivity (Wildman–Crippen MR) is 111 cm³/mol. The zero-order valence-corrected chi connectivity index (χ0v) is 17.4. The Morgan fingerprint density at radius 3 is 2.61 bits per heavy atom. The quantitative estimate of drug-likeness (QED) is 0.655. The number of carbonyl (C=O) groups is 1. The Morgan fingerprint density at radius 2 is 1.93 bits per heavy atom. The summed E-state index contributed by atoms with van der Waals surface area (Å²) in [5.41, 5.74) is 1.91. The monoisotopic (exact) mass is 406 g/mol. The highest BCUT2D eigenvalue weighted by Crippen LogP contribution is 2.36. The molecule has 0 spiro atoms. The number of hydrogen-bond acceptors (Lipinski definition) is 4. The maximum absolute atomic E-state index is 12.2. The molecule has 6 nitrogen and oxygen atoms in total. The lowest BCUT2D eigenvalue weighted by atomic mass is 10.1. The average Bonchev–Trinajstić information content (AvgIpc) is 2.68. The van der Waals surface area contributed by atoms with Gasteiger partial charge in [0.2, 0.25) is 0 Å². The molecule has 2 aromatic carbocycles. The number of urea groups is 1. The number of halogens is 1. The second kappa shape index (κ2) is 10.7. The summed E-state index contributed by atoms with van der Waals surface area (Å²) < 4.78 is 16.1. The Kier molecular flexibility index (Phi) is 8.26. The first-order valence-electron chi connectivity index (χ1n) is 9.13. The summed E-state index contributed by atoms with van der Waals surface area (Å²) in [6.45, 7) is 4.64. The van der Waals surface area contributed by atoms with Crippen LogP contribution < -0.4 is 24.8 Å². The molecule has 2 aromatic rings. The Bertz CT molecular complexity index is 798. The molecule has 0 aliphatic heterocycles. The van der Waals surface area contributed by atoms with Gasteiger partial charge in [0.05, 0.1) is 25.8 Å². The van der Waals surface area contributed by atoms with Gasteiger partial charge >= 0.3 is 6.03 Å². The van der Waals surface area contributed by atoms with Crippen molar-refractivity contribution in [2.75, 3.05) is 20.8 Å². The van der Waals surface area contributed by atoms with E-state index in [4.69, 9.17) is 25.8 Å². The van der Waals surface area contributed by atoms with E-state index in [0.29, 0.717) is 36.1 Å². The largest absolute Gasteiger partial charge is 0.497 e. The van der Waals surface area contributed by atoms with Crippen LogP contribution in [0.1, 0.15) is 25.0 Å². The van der Waals surface area contributed by atoms with Gasteiger partial charge in [-0.05, 0) is 55.7 Å². The molecule has 0 aliphatic carbocycles. The predicted octanol–water partition coefficient (Wildman–Crippen LogP) is 4.19. The Labute approximate surface area is 171 Å². The van der Waals surface area contributed by atoms with Crippen LogP contribution in [0.25, 0.3) is 0 Å². The van der Waals surface area contributed by atoms with E-state index >= 15 is 0 Å². The topological polar surface area (TPSA) is 68.8 Å². The van der Waals surface area contributed by atoms with Gasteiger partial charge in [0.15, 0.2) is 11.5 Å². The highest BCUT2D eigenvalue weighted by Gasteiger charge is 2.13. The Balaban J connectivity index is 1.90. The molecular weight excluding hydrogens is 380 g/mol. The normalized spacial score (nSPS) is 11.5. The first-order valence-corrected chi connectivity index (χ1v) is 9.51. The molecule has 2 amide bonds. The van der Waals surface area contributed by atoms with E-state index in [2.05, 4.69) is 10.6 Å². The average molecular weight is 407 g/mol. The van der Waals surface area contributed by atoms with E-state index in [9.17, 15) is 4.79 Å². The summed E-state index contributed by atoms with van der Waals surface area (Å²) in [7, 11) is 3.19. The van der Waals surface area contributed by atoms with Crippen molar-refractivity contribution in [3.63, 3.8) is 0 Å². The highest BCUT2D eigenvalue weighted by atomic mass is 35.5. The summed E-state index contributed by atoms with van der Waals surface area (Å²) in [6.07, 6.45) is 0.702. The van der Waals surface area contributed by atoms with E-state index in [-0.39, 0.29) is 12.1 Å². The summed E-state index contributed by atoms with van der Waals surface area (Å²) in [5, 5.41) is 6.22. The molecule has 2 N–H and O–H groups in total. The maximum Gasteiger partial charge on any atom is 0.315 e. The van der Waals surface area contributed by atoms with Gasteiger partial charge in [-0.3, -0.25) is 0 Å². The van der Waals surface area contributed by atoms with E-state index < -0.39 is 0 Å². The number of nitrogens with one attached hydrogen (secondary N) is 2. The molecule has 152 valence electrons. The van der Waals surface area contributed by atoms with Crippen LogP contribution in [0.5, 0.6) is 17.2 Å². The smallest absolute Gasteiger partial charge is 0.315 e. The zero-order valence-electron chi connectivity index (χ0n) is 16.7. The number of hydrogen-bond donors (Lipinski definition) is 2. The molecular formula is C21H27ClN2O4. The number of rotatable bonds is 9. The van der Waals surface area contributed by atoms with Crippen LogP contribution in [0.15, 0.2) is 36.4 Å². The SMILES string of the molecule is CCOc1c(Cl)cc(CNC(=O)NC(C)Cc2cccc(OC)c2)cc1OC. The van der Waals surface area contributed by atoms with Crippen LogP contribution in [0.4, 0.5) is 4.79 Å². The molecule has 7 heteroatoms. The summed E-state index contributed by atoms with van der Waals surface area (Å²) in [4.78, 5) is 12.2. The standard InChI is InChI=1S/C21H27ClN2O4/c1-5-28-20-18(22)11-16(12-19(20)27-4)13-23-21(25)24-14(2)9-15-7-6-8-17(10-15)26-3/h6-8,10-12,14H,5,9,13H2,1-4H3,(H2,23,24,25). The molecule has 0 aliphatic rings. The molecule has 0 heterocycles. The summed E-state index contributed by atoms with van der Waals surface area (Å²) >= 11 is 6.26. The summed E-state index contributed by atoms with van der Waals surface area (Å²) in [6, 6.07) is 11.1. The minimum absolute atomic E-state index is 0.0365. The lowest BCUT2D eigenvalue weighted by molar-refractivity contribution is 0.237. The van der Waals surface area contributed by atoms with Gasteiger partial charge in [0.1, 0.15) is 5.75 Å². The van der Waals surface area contributed by atoms with Crippen molar-refractivity contribution < 1.29 is 19.0 Å². The van der Waals surface area contributed by atoms with E-state index in [1.165, 1.54) is 0 Å². The van der Waals surface area contributed by atoms with E-state index in [1.54, 1.807) is 26.4 Å². The van der Waals surface area contributed by atoms with Crippen LogP contribution in [0.2, 0.25) is 5.02 Å². The Hall–Kier alpha value is -2.60. The van der Waals surface area contributed by atoms with Crippen LogP contribution >= 0.6 is 11.6 Å². The van der Waals surface area contributed by atoms with Gasteiger partial charge in [-0.2, -0.15) is 0 Å². The molecule has 0 radical (unpaired) electrons. The lowest BCUT2D eigenvalue weighted by Gasteiger charge is -2.16. The molecule has 1 atom stereocenters. The molecule has 0 fully saturated rings. The van der Waals surface area contributed by atoms with Crippen molar-refractivity contribution in [1.29, 1.82) is 0 Å². The number of methoxy groups -OCH3 is 2. The van der Waals surface area contributed by atoms with Crippen molar-refractivity contribution in [2.45, 2.75) is 32.9 Å². The third kappa shape index (κ3) is 6.23. The second-order valence-electron chi connectivity index (χ2n) is 6.33. The molecule has 0 bridgehead atoms. The minimum atomic E-state index is -0.251. The highest BCUT2D eigenvalue weighted by molar-refractivity contribution is 6.32.